The van der Waals surface area contributed by atoms with Crippen molar-refractivity contribution in [2.45, 2.75) is 19.1 Å². The maximum absolute atomic E-state index is 12.5. The summed E-state index contributed by atoms with van der Waals surface area (Å²) in [5.74, 6) is 1.15. The molecule has 0 bridgehead atoms. The second-order valence-electron chi connectivity index (χ2n) is 5.09. The lowest BCUT2D eigenvalue weighted by Crippen LogP contribution is -2.37. The highest BCUT2D eigenvalue weighted by Crippen LogP contribution is 2.27. The molecule has 3 heterocycles. The third-order valence-corrected chi connectivity index (χ3v) is 5.61. The largest absolute Gasteiger partial charge is 0.378 e. The zero-order valence-corrected chi connectivity index (χ0v) is 15.6. The number of nitrogen functional groups attached to an aromatic ring is 1. The van der Waals surface area contributed by atoms with Gasteiger partial charge in [-0.25, -0.2) is 4.63 Å². The number of hydrogen-bond donors (Lipinski definition) is 3. The summed E-state index contributed by atoms with van der Waals surface area (Å²) in [6, 6.07) is 0. The Labute approximate surface area is 157 Å². The molecule has 2 aromatic rings. The van der Waals surface area contributed by atoms with Crippen molar-refractivity contribution in [3.8, 4) is 5.82 Å². The minimum Gasteiger partial charge on any atom is -0.378 e. The van der Waals surface area contributed by atoms with E-state index in [0.717, 1.165) is 16.7 Å². The second-order valence-corrected chi connectivity index (χ2v) is 7.40. The lowest BCUT2D eigenvalue weighted by molar-refractivity contribution is 0.0932. The van der Waals surface area contributed by atoms with Gasteiger partial charge in [-0.05, 0) is 16.7 Å². The SMILES string of the molecule is C=C(CC)NNC(=O)c1nnn(-c2nonc2N)c1CSC1=NCCS1. The van der Waals surface area contributed by atoms with Gasteiger partial charge in [0.05, 0.1) is 12.2 Å². The average Bonchev–Trinajstić information content (AvgIpc) is 3.37. The van der Waals surface area contributed by atoms with Gasteiger partial charge >= 0.3 is 0 Å². The van der Waals surface area contributed by atoms with E-state index in [9.17, 15) is 4.79 Å². The van der Waals surface area contributed by atoms with Crippen molar-refractivity contribution in [3.63, 3.8) is 0 Å². The van der Waals surface area contributed by atoms with E-state index in [2.05, 4.69) is 47.7 Å². The summed E-state index contributed by atoms with van der Waals surface area (Å²) in [6.07, 6.45) is 0.674. The Morgan fingerprint density at radius 1 is 1.46 bits per heavy atom. The minimum atomic E-state index is -0.447. The maximum Gasteiger partial charge on any atom is 0.292 e. The van der Waals surface area contributed by atoms with Crippen molar-refractivity contribution in [1.29, 1.82) is 0 Å². The van der Waals surface area contributed by atoms with Gasteiger partial charge in [0.15, 0.2) is 5.69 Å². The monoisotopic (exact) mass is 395 g/mol. The summed E-state index contributed by atoms with van der Waals surface area (Å²) >= 11 is 3.16. The third kappa shape index (κ3) is 3.99. The number of carbonyl (C=O) groups excluding carboxylic acids is 1. The number of hydrazine groups is 1. The molecule has 1 aliphatic heterocycles. The van der Waals surface area contributed by atoms with Crippen LogP contribution in [-0.2, 0) is 5.75 Å². The number of aromatic nitrogens is 5. The minimum absolute atomic E-state index is 0.0539. The van der Waals surface area contributed by atoms with E-state index >= 15 is 0 Å². The molecule has 2 aromatic heterocycles. The van der Waals surface area contributed by atoms with Gasteiger partial charge in [-0.15, -0.1) is 5.10 Å². The summed E-state index contributed by atoms with van der Waals surface area (Å²) in [5, 5.41) is 15.2. The zero-order chi connectivity index (χ0) is 18.5. The molecule has 0 atom stereocenters. The molecule has 11 nitrogen and oxygen atoms in total. The van der Waals surface area contributed by atoms with Crippen LogP contribution >= 0.6 is 23.5 Å². The first kappa shape index (κ1) is 18.3. The quantitative estimate of drug-likeness (QED) is 0.572. The number of nitrogens with two attached hydrogens (primary N) is 1. The van der Waals surface area contributed by atoms with Gasteiger partial charge in [0, 0.05) is 17.2 Å². The summed E-state index contributed by atoms with van der Waals surface area (Å²) in [7, 11) is 0. The number of rotatable bonds is 7. The molecule has 0 spiro atoms. The van der Waals surface area contributed by atoms with Crippen LogP contribution in [0, 0.1) is 0 Å². The fourth-order valence-corrected chi connectivity index (χ4v) is 3.94. The smallest absolute Gasteiger partial charge is 0.292 e. The Morgan fingerprint density at radius 3 is 2.96 bits per heavy atom. The molecular weight excluding hydrogens is 378 g/mol. The van der Waals surface area contributed by atoms with Gasteiger partial charge in [0.25, 0.3) is 5.91 Å². The summed E-state index contributed by atoms with van der Waals surface area (Å²) < 4.78 is 6.92. The van der Waals surface area contributed by atoms with Crippen LogP contribution in [0.4, 0.5) is 5.82 Å². The highest BCUT2D eigenvalue weighted by atomic mass is 32.2. The van der Waals surface area contributed by atoms with Crippen molar-refractivity contribution >= 4 is 39.6 Å². The van der Waals surface area contributed by atoms with E-state index in [1.54, 1.807) is 11.8 Å². The molecule has 13 heteroatoms. The number of aliphatic imine (C=N–C) groups is 1. The number of nitrogens with one attached hydrogen (secondary N) is 2. The number of thioether (sulfide) groups is 2. The molecule has 0 unspecified atom stereocenters. The first-order chi connectivity index (χ1) is 12.6. The Hall–Kier alpha value is -2.54. The lowest BCUT2D eigenvalue weighted by atomic mass is 10.3. The fraction of sp³-hybridized carbons (Fsp3) is 0.385. The summed E-state index contributed by atoms with van der Waals surface area (Å²) in [6.45, 7) is 6.48. The van der Waals surface area contributed by atoms with Crippen LogP contribution in [0.2, 0.25) is 0 Å². The Kier molecular flexibility index (Phi) is 5.78. The zero-order valence-electron chi connectivity index (χ0n) is 13.9. The van der Waals surface area contributed by atoms with Gasteiger partial charge < -0.3 is 11.2 Å². The van der Waals surface area contributed by atoms with E-state index in [0.29, 0.717) is 23.6 Å². The molecular formula is C13H17N9O2S2. The summed E-state index contributed by atoms with van der Waals surface area (Å²) in [5.41, 5.74) is 12.3. The average molecular weight is 395 g/mol. The predicted octanol–water partition coefficient (Wildman–Crippen LogP) is 0.727. The number of carbonyl (C=O) groups is 1. The molecule has 138 valence electrons. The Balaban J connectivity index is 1.85. The molecule has 3 rings (SSSR count). The van der Waals surface area contributed by atoms with Crippen LogP contribution in [0.15, 0.2) is 21.9 Å². The Morgan fingerprint density at radius 2 is 2.31 bits per heavy atom. The summed E-state index contributed by atoms with van der Waals surface area (Å²) in [4.78, 5) is 16.9. The Bertz CT molecular complexity index is 845. The number of allylic oxidation sites excluding steroid dienone is 1. The number of nitrogens with zero attached hydrogens (tertiary/aromatic N) is 6. The van der Waals surface area contributed by atoms with Crippen molar-refractivity contribution in [1.82, 2.24) is 36.2 Å². The van der Waals surface area contributed by atoms with Crippen molar-refractivity contribution in [3.05, 3.63) is 23.7 Å². The van der Waals surface area contributed by atoms with Crippen LogP contribution in [0.3, 0.4) is 0 Å². The van der Waals surface area contributed by atoms with Gasteiger partial charge in [0.2, 0.25) is 11.6 Å². The molecule has 1 amide bonds. The van der Waals surface area contributed by atoms with Crippen molar-refractivity contribution in [2.24, 2.45) is 4.99 Å². The standard InChI is InChI=1S/C13H17N9O2S2/c1-3-7(2)16-18-12(23)9-8(6-26-13-15-4-5-25-13)22(21-17-9)11-10(14)19-24-20-11/h16H,2-6H2,1H3,(H2,14,19)(H,18,23). The highest BCUT2D eigenvalue weighted by molar-refractivity contribution is 8.38. The second kappa shape index (κ2) is 8.23. The topological polar surface area (TPSA) is 149 Å². The molecule has 0 fully saturated rings. The highest BCUT2D eigenvalue weighted by Gasteiger charge is 2.24. The van der Waals surface area contributed by atoms with Crippen LogP contribution < -0.4 is 16.6 Å². The van der Waals surface area contributed by atoms with Gasteiger partial charge in [0.1, 0.15) is 4.38 Å². The molecule has 1 aliphatic rings. The van der Waals surface area contributed by atoms with Crippen LogP contribution in [-0.4, -0.2) is 47.9 Å². The fourth-order valence-electron chi connectivity index (χ4n) is 1.94. The normalized spacial score (nSPS) is 13.5. The number of anilines is 1. The molecule has 0 aromatic carbocycles. The van der Waals surface area contributed by atoms with Crippen LogP contribution in [0.1, 0.15) is 29.5 Å². The molecule has 0 radical (unpaired) electrons. The number of amides is 1. The van der Waals surface area contributed by atoms with E-state index in [4.69, 9.17) is 5.73 Å². The van der Waals surface area contributed by atoms with E-state index < -0.39 is 5.91 Å². The van der Waals surface area contributed by atoms with Crippen LogP contribution in [0.25, 0.3) is 5.82 Å². The molecule has 0 saturated heterocycles. The molecule has 0 saturated carbocycles. The van der Waals surface area contributed by atoms with E-state index in [1.807, 2.05) is 6.92 Å². The predicted molar refractivity (Wildman–Crippen MR) is 99.7 cm³/mol. The van der Waals surface area contributed by atoms with Gasteiger partial charge in [-0.2, -0.15) is 4.68 Å². The van der Waals surface area contributed by atoms with Gasteiger partial charge in [-0.1, -0.05) is 42.2 Å². The first-order valence-electron chi connectivity index (χ1n) is 7.67. The van der Waals surface area contributed by atoms with E-state index in [1.165, 1.54) is 16.4 Å². The molecule has 0 aliphatic carbocycles. The first-order valence-corrected chi connectivity index (χ1v) is 9.64. The van der Waals surface area contributed by atoms with Crippen molar-refractivity contribution < 1.29 is 9.42 Å². The van der Waals surface area contributed by atoms with Crippen molar-refractivity contribution in [2.75, 3.05) is 18.0 Å². The molecule has 4 N–H and O–H groups in total. The van der Waals surface area contributed by atoms with Crippen LogP contribution in [0.5, 0.6) is 0 Å². The molecule has 26 heavy (non-hydrogen) atoms. The lowest BCUT2D eigenvalue weighted by Gasteiger charge is -2.09. The van der Waals surface area contributed by atoms with Gasteiger partial charge in [-0.3, -0.25) is 15.2 Å². The maximum atomic E-state index is 12.5. The number of hydrogen-bond acceptors (Lipinski definition) is 11. The third-order valence-electron chi connectivity index (χ3n) is 3.34. The van der Waals surface area contributed by atoms with E-state index in [-0.39, 0.29) is 17.3 Å².